The quantitative estimate of drug-likeness (QED) is 0.610. The van der Waals surface area contributed by atoms with Crippen molar-refractivity contribution in [2.75, 3.05) is 13.1 Å². The molecule has 1 rings (SSSR count). The Balaban J connectivity index is 2.99. The molecular formula is C15H27NO5S. The SMILES string of the molecule is CC(C)C(C(=O)OC(C)(C)C)C(N1CCC(=O)CC1)S(=O)O. The Morgan fingerprint density at radius 2 is 1.77 bits per heavy atom. The van der Waals surface area contributed by atoms with Crippen molar-refractivity contribution in [3.05, 3.63) is 0 Å². The molecule has 7 heteroatoms. The first-order chi connectivity index (χ1) is 10.0. The van der Waals surface area contributed by atoms with Crippen molar-refractivity contribution in [3.8, 4) is 0 Å². The van der Waals surface area contributed by atoms with Crippen molar-refractivity contribution in [2.24, 2.45) is 11.8 Å². The Morgan fingerprint density at radius 3 is 2.14 bits per heavy atom. The summed E-state index contributed by atoms with van der Waals surface area (Å²) in [6.07, 6.45) is 0.708. The van der Waals surface area contributed by atoms with Crippen LogP contribution in [0.25, 0.3) is 0 Å². The summed E-state index contributed by atoms with van der Waals surface area (Å²) in [4.78, 5) is 25.6. The number of carbonyl (C=O) groups is 2. The molecule has 0 aromatic rings. The summed E-state index contributed by atoms with van der Waals surface area (Å²) in [5.41, 5.74) is -0.649. The normalized spacial score (nSPS) is 21.5. The van der Waals surface area contributed by atoms with Crippen LogP contribution in [-0.2, 0) is 25.4 Å². The molecule has 0 aromatic heterocycles. The van der Waals surface area contributed by atoms with Crippen molar-refractivity contribution in [1.29, 1.82) is 0 Å². The van der Waals surface area contributed by atoms with Crippen LogP contribution in [0.3, 0.4) is 0 Å². The number of carbonyl (C=O) groups excluding carboxylic acids is 2. The van der Waals surface area contributed by atoms with Gasteiger partial charge in [0, 0.05) is 25.9 Å². The summed E-state index contributed by atoms with van der Waals surface area (Å²) in [5, 5.41) is -0.844. The summed E-state index contributed by atoms with van der Waals surface area (Å²) in [7, 11) is 0. The van der Waals surface area contributed by atoms with Gasteiger partial charge in [-0.15, -0.1) is 0 Å². The van der Waals surface area contributed by atoms with Crippen LogP contribution in [0.15, 0.2) is 0 Å². The van der Waals surface area contributed by atoms with E-state index in [1.165, 1.54) is 0 Å². The molecule has 0 aromatic carbocycles. The molecule has 6 nitrogen and oxygen atoms in total. The maximum absolute atomic E-state index is 12.5. The van der Waals surface area contributed by atoms with E-state index in [-0.39, 0.29) is 11.7 Å². The minimum Gasteiger partial charge on any atom is -0.460 e. The van der Waals surface area contributed by atoms with Gasteiger partial charge in [0.2, 0.25) is 0 Å². The van der Waals surface area contributed by atoms with Gasteiger partial charge < -0.3 is 9.29 Å². The summed E-state index contributed by atoms with van der Waals surface area (Å²) < 4.78 is 27.0. The summed E-state index contributed by atoms with van der Waals surface area (Å²) in [6, 6.07) is 0. The van der Waals surface area contributed by atoms with Gasteiger partial charge in [0.15, 0.2) is 11.1 Å². The summed E-state index contributed by atoms with van der Waals surface area (Å²) >= 11 is -2.20. The predicted molar refractivity (Wildman–Crippen MR) is 84.5 cm³/mol. The highest BCUT2D eigenvalue weighted by molar-refractivity contribution is 7.79. The van der Waals surface area contributed by atoms with Gasteiger partial charge in [0.1, 0.15) is 16.8 Å². The molecular weight excluding hydrogens is 306 g/mol. The number of ketones is 1. The maximum Gasteiger partial charge on any atom is 0.312 e. The van der Waals surface area contributed by atoms with E-state index in [4.69, 9.17) is 4.74 Å². The summed E-state index contributed by atoms with van der Waals surface area (Å²) in [5.74, 6) is -1.17. The summed E-state index contributed by atoms with van der Waals surface area (Å²) in [6.45, 7) is 9.79. The molecule has 3 unspecified atom stereocenters. The number of nitrogens with zero attached hydrogens (tertiary/aromatic N) is 1. The smallest absolute Gasteiger partial charge is 0.312 e. The highest BCUT2D eigenvalue weighted by atomic mass is 32.2. The molecule has 1 N–H and O–H groups in total. The van der Waals surface area contributed by atoms with Crippen LogP contribution in [0.2, 0.25) is 0 Å². The van der Waals surface area contributed by atoms with Gasteiger partial charge in [-0.1, -0.05) is 13.8 Å². The second-order valence-corrected chi connectivity index (χ2v) is 8.08. The van der Waals surface area contributed by atoms with Gasteiger partial charge >= 0.3 is 5.97 Å². The number of hydrogen-bond donors (Lipinski definition) is 1. The first-order valence-corrected chi connectivity index (χ1v) is 8.78. The minimum atomic E-state index is -2.20. The number of rotatable bonds is 5. The lowest BCUT2D eigenvalue weighted by atomic mass is 9.93. The standard InChI is InChI=1S/C15H27NO5S/c1-10(2)12(14(18)21-15(3,4)5)13(22(19)20)16-8-6-11(17)7-9-16/h10,12-13H,6-9H2,1-5H3,(H,19,20). The molecule has 1 saturated heterocycles. The topological polar surface area (TPSA) is 83.9 Å². The molecule has 1 aliphatic rings. The van der Waals surface area contributed by atoms with Crippen LogP contribution in [0.5, 0.6) is 0 Å². The van der Waals surface area contributed by atoms with Crippen molar-refractivity contribution >= 4 is 22.8 Å². The monoisotopic (exact) mass is 333 g/mol. The molecule has 22 heavy (non-hydrogen) atoms. The third-order valence-corrected chi connectivity index (χ3v) is 4.63. The molecule has 0 saturated carbocycles. The fraction of sp³-hybridized carbons (Fsp3) is 0.867. The lowest BCUT2D eigenvalue weighted by Crippen LogP contribution is -2.52. The largest absolute Gasteiger partial charge is 0.460 e. The first-order valence-electron chi connectivity index (χ1n) is 7.61. The zero-order valence-corrected chi connectivity index (χ0v) is 14.8. The minimum absolute atomic E-state index is 0.145. The molecule has 0 bridgehead atoms. The number of esters is 1. The number of likely N-dealkylation sites (tertiary alicyclic amines) is 1. The van der Waals surface area contributed by atoms with E-state index in [1.54, 1.807) is 25.7 Å². The fourth-order valence-corrected chi connectivity index (χ4v) is 3.74. The van der Waals surface area contributed by atoms with Crippen molar-refractivity contribution in [3.63, 3.8) is 0 Å². The van der Waals surface area contributed by atoms with Crippen molar-refractivity contribution in [1.82, 2.24) is 4.90 Å². The van der Waals surface area contributed by atoms with Crippen LogP contribution < -0.4 is 0 Å². The molecule has 0 aliphatic carbocycles. The maximum atomic E-state index is 12.5. The number of ether oxygens (including phenoxy) is 1. The van der Waals surface area contributed by atoms with Gasteiger partial charge in [0.05, 0.1) is 5.92 Å². The fourth-order valence-electron chi connectivity index (χ4n) is 2.60. The molecule has 0 radical (unpaired) electrons. The van der Waals surface area contributed by atoms with Gasteiger partial charge in [-0.05, 0) is 26.7 Å². The molecule has 1 aliphatic heterocycles. The van der Waals surface area contributed by atoms with Gasteiger partial charge in [-0.25, -0.2) is 4.21 Å². The highest BCUT2D eigenvalue weighted by Crippen LogP contribution is 2.27. The zero-order chi connectivity index (χ0) is 17.1. The second kappa shape index (κ2) is 7.66. The molecule has 128 valence electrons. The Morgan fingerprint density at radius 1 is 1.27 bits per heavy atom. The zero-order valence-electron chi connectivity index (χ0n) is 14.0. The third kappa shape index (κ3) is 5.44. The molecule has 1 fully saturated rings. The Labute approximate surface area is 134 Å². The lowest BCUT2D eigenvalue weighted by Gasteiger charge is -2.37. The Bertz CT molecular complexity index is 434. The van der Waals surface area contributed by atoms with E-state index in [0.717, 1.165) is 0 Å². The number of piperidine rings is 1. The first kappa shape index (κ1) is 19.3. The third-order valence-electron chi connectivity index (χ3n) is 3.63. The van der Waals surface area contributed by atoms with E-state index in [1.807, 2.05) is 13.8 Å². The van der Waals surface area contributed by atoms with Crippen LogP contribution in [0.1, 0.15) is 47.5 Å². The molecule has 0 amide bonds. The van der Waals surface area contributed by atoms with E-state index in [0.29, 0.717) is 25.9 Å². The number of Topliss-reactive ketones (excluding diaryl/α,β-unsaturated/α-hetero) is 1. The van der Waals surface area contributed by atoms with Crippen molar-refractivity contribution in [2.45, 2.75) is 58.4 Å². The van der Waals surface area contributed by atoms with E-state index in [9.17, 15) is 18.4 Å². The van der Waals surface area contributed by atoms with Crippen molar-refractivity contribution < 1.29 is 23.1 Å². The van der Waals surface area contributed by atoms with E-state index in [2.05, 4.69) is 0 Å². The second-order valence-electron chi connectivity index (χ2n) is 7.04. The predicted octanol–water partition coefficient (Wildman–Crippen LogP) is 1.81. The van der Waals surface area contributed by atoms with Gasteiger partial charge in [-0.3, -0.25) is 14.5 Å². The van der Waals surface area contributed by atoms with Crippen LogP contribution in [0.4, 0.5) is 0 Å². The van der Waals surface area contributed by atoms with Crippen LogP contribution in [0, 0.1) is 11.8 Å². The van der Waals surface area contributed by atoms with Gasteiger partial charge in [-0.2, -0.15) is 0 Å². The molecule has 3 atom stereocenters. The van der Waals surface area contributed by atoms with Gasteiger partial charge in [0.25, 0.3) is 0 Å². The Hall–Kier alpha value is -0.790. The average Bonchev–Trinajstić information content (AvgIpc) is 2.33. The van der Waals surface area contributed by atoms with Crippen LogP contribution >= 0.6 is 0 Å². The van der Waals surface area contributed by atoms with E-state index >= 15 is 0 Å². The highest BCUT2D eigenvalue weighted by Gasteiger charge is 2.42. The number of hydrogen-bond acceptors (Lipinski definition) is 5. The lowest BCUT2D eigenvalue weighted by molar-refractivity contribution is -0.163. The van der Waals surface area contributed by atoms with E-state index < -0.39 is 33.9 Å². The average molecular weight is 333 g/mol. The molecule has 0 spiro atoms. The van der Waals surface area contributed by atoms with Crippen LogP contribution in [-0.4, -0.2) is 49.5 Å². The molecule has 1 heterocycles. The Kier molecular flexibility index (Phi) is 6.70.